The molecule has 74 valence electrons. The van der Waals surface area contributed by atoms with Gasteiger partial charge in [0.25, 0.3) is 0 Å². The summed E-state index contributed by atoms with van der Waals surface area (Å²) >= 11 is 0. The molecular formula is C11H13NO2. The highest BCUT2D eigenvalue weighted by molar-refractivity contribution is 5.82. The lowest BCUT2D eigenvalue weighted by molar-refractivity contribution is -0.138. The number of aryl methyl sites for hydroxylation is 1. The second-order valence-electron chi connectivity index (χ2n) is 3.84. The van der Waals surface area contributed by atoms with Gasteiger partial charge in [0.2, 0.25) is 0 Å². The van der Waals surface area contributed by atoms with Gasteiger partial charge in [-0.15, -0.1) is 0 Å². The summed E-state index contributed by atoms with van der Waals surface area (Å²) in [5.74, 6) is -0.741. The van der Waals surface area contributed by atoms with Crippen molar-refractivity contribution in [2.24, 2.45) is 0 Å². The molecule has 0 amide bonds. The summed E-state index contributed by atoms with van der Waals surface area (Å²) in [5, 5.41) is 12.0. The molecule has 2 N–H and O–H groups in total. The van der Waals surface area contributed by atoms with Gasteiger partial charge in [0.1, 0.15) is 6.04 Å². The van der Waals surface area contributed by atoms with Crippen LogP contribution in [0.1, 0.15) is 24.0 Å². The molecule has 2 atom stereocenters. The minimum Gasteiger partial charge on any atom is -0.480 e. The third-order valence-electron chi connectivity index (χ3n) is 2.78. The highest BCUT2D eigenvalue weighted by Gasteiger charge is 2.33. The second-order valence-corrected chi connectivity index (χ2v) is 3.84. The standard InChI is InChI=1S/C11H13NO2/c1-6-3-4-8-7(2)10(11(13)14)12-9(8)5-6/h3-5,7,10,12H,1-2H3,(H,13,14). The Morgan fingerprint density at radius 2 is 2.21 bits per heavy atom. The predicted octanol–water partition coefficient (Wildman–Crippen LogP) is 1.98. The van der Waals surface area contributed by atoms with E-state index in [0.29, 0.717) is 0 Å². The van der Waals surface area contributed by atoms with Gasteiger partial charge >= 0.3 is 5.97 Å². The molecule has 0 radical (unpaired) electrons. The smallest absolute Gasteiger partial charge is 0.326 e. The average molecular weight is 191 g/mol. The van der Waals surface area contributed by atoms with Gasteiger partial charge in [-0.1, -0.05) is 19.1 Å². The van der Waals surface area contributed by atoms with Crippen molar-refractivity contribution in [1.29, 1.82) is 0 Å². The lowest BCUT2D eigenvalue weighted by Gasteiger charge is -2.09. The molecule has 0 aliphatic carbocycles. The van der Waals surface area contributed by atoms with E-state index in [1.165, 1.54) is 0 Å². The molecule has 1 aliphatic heterocycles. The lowest BCUT2D eigenvalue weighted by atomic mass is 9.97. The average Bonchev–Trinajstić information content (AvgIpc) is 2.43. The summed E-state index contributed by atoms with van der Waals surface area (Å²) in [7, 11) is 0. The number of fused-ring (bicyclic) bond motifs is 1. The quantitative estimate of drug-likeness (QED) is 0.713. The van der Waals surface area contributed by atoms with Gasteiger partial charge < -0.3 is 10.4 Å². The van der Waals surface area contributed by atoms with Gasteiger partial charge in [0, 0.05) is 11.6 Å². The van der Waals surface area contributed by atoms with Crippen molar-refractivity contribution in [2.75, 3.05) is 5.32 Å². The van der Waals surface area contributed by atoms with Crippen LogP contribution in [0.4, 0.5) is 5.69 Å². The van der Waals surface area contributed by atoms with E-state index >= 15 is 0 Å². The fourth-order valence-electron chi connectivity index (χ4n) is 1.94. The number of aliphatic carboxylic acids is 1. The minimum absolute atomic E-state index is 0.0445. The van der Waals surface area contributed by atoms with Gasteiger partial charge in [-0.25, -0.2) is 4.79 Å². The highest BCUT2D eigenvalue weighted by Crippen LogP contribution is 2.35. The molecule has 0 saturated heterocycles. The number of nitrogens with one attached hydrogen (secondary N) is 1. The second kappa shape index (κ2) is 3.01. The first-order valence-corrected chi connectivity index (χ1v) is 4.69. The molecule has 0 aromatic heterocycles. The number of rotatable bonds is 1. The van der Waals surface area contributed by atoms with E-state index in [9.17, 15) is 4.79 Å². The van der Waals surface area contributed by atoms with Crippen molar-refractivity contribution < 1.29 is 9.90 Å². The summed E-state index contributed by atoms with van der Waals surface area (Å²) in [6.45, 7) is 3.94. The first kappa shape index (κ1) is 9.06. The van der Waals surface area contributed by atoms with Crippen LogP contribution in [-0.4, -0.2) is 17.1 Å². The zero-order valence-electron chi connectivity index (χ0n) is 8.24. The molecule has 14 heavy (non-hydrogen) atoms. The van der Waals surface area contributed by atoms with Gasteiger partial charge in [-0.2, -0.15) is 0 Å². The molecule has 1 aromatic rings. The van der Waals surface area contributed by atoms with Crippen LogP contribution in [0.15, 0.2) is 18.2 Å². The predicted molar refractivity (Wildman–Crippen MR) is 54.6 cm³/mol. The monoisotopic (exact) mass is 191 g/mol. The van der Waals surface area contributed by atoms with Crippen molar-refractivity contribution in [1.82, 2.24) is 0 Å². The Morgan fingerprint density at radius 3 is 2.86 bits per heavy atom. The van der Waals surface area contributed by atoms with E-state index in [4.69, 9.17) is 5.11 Å². The van der Waals surface area contributed by atoms with Crippen LogP contribution < -0.4 is 5.32 Å². The summed E-state index contributed by atoms with van der Waals surface area (Å²) in [5.41, 5.74) is 3.21. The number of carboxylic acid groups (broad SMARTS) is 1. The number of anilines is 1. The van der Waals surface area contributed by atoms with E-state index in [1.54, 1.807) is 0 Å². The van der Waals surface area contributed by atoms with Crippen LogP contribution >= 0.6 is 0 Å². The summed E-state index contributed by atoms with van der Waals surface area (Å²) < 4.78 is 0. The summed E-state index contributed by atoms with van der Waals surface area (Å²) in [6, 6.07) is 5.54. The van der Waals surface area contributed by atoms with Crippen LogP contribution in [0, 0.1) is 6.92 Å². The maximum atomic E-state index is 10.9. The molecule has 2 unspecified atom stereocenters. The molecule has 2 rings (SSSR count). The summed E-state index contributed by atoms with van der Waals surface area (Å²) in [6.07, 6.45) is 0. The van der Waals surface area contributed by atoms with Crippen molar-refractivity contribution in [2.45, 2.75) is 25.8 Å². The molecule has 1 aliphatic rings. The van der Waals surface area contributed by atoms with Crippen LogP contribution in [0.3, 0.4) is 0 Å². The zero-order valence-corrected chi connectivity index (χ0v) is 8.24. The van der Waals surface area contributed by atoms with Gasteiger partial charge in [0.15, 0.2) is 0 Å². The third-order valence-corrected chi connectivity index (χ3v) is 2.78. The Kier molecular flexibility index (Phi) is 1.95. The van der Waals surface area contributed by atoms with Gasteiger partial charge in [-0.05, 0) is 24.1 Å². The first-order chi connectivity index (χ1) is 6.59. The van der Waals surface area contributed by atoms with Crippen LogP contribution in [0.5, 0.6) is 0 Å². The van der Waals surface area contributed by atoms with Crippen molar-refractivity contribution >= 4 is 11.7 Å². The molecule has 3 nitrogen and oxygen atoms in total. The Balaban J connectivity index is 2.40. The molecule has 0 spiro atoms. The first-order valence-electron chi connectivity index (χ1n) is 4.69. The van der Waals surface area contributed by atoms with Crippen molar-refractivity contribution in [3.63, 3.8) is 0 Å². The lowest BCUT2D eigenvalue weighted by Crippen LogP contribution is -2.28. The third kappa shape index (κ3) is 1.25. The normalized spacial score (nSPS) is 24.1. The molecule has 0 saturated carbocycles. The van der Waals surface area contributed by atoms with Crippen LogP contribution in [-0.2, 0) is 4.79 Å². The topological polar surface area (TPSA) is 49.3 Å². The largest absolute Gasteiger partial charge is 0.480 e. The van der Waals surface area contributed by atoms with E-state index in [0.717, 1.165) is 16.8 Å². The number of hydrogen-bond acceptors (Lipinski definition) is 2. The Hall–Kier alpha value is -1.51. The van der Waals surface area contributed by atoms with Crippen molar-refractivity contribution in [3.05, 3.63) is 29.3 Å². The number of carboxylic acids is 1. The fourth-order valence-corrected chi connectivity index (χ4v) is 1.94. The maximum absolute atomic E-state index is 10.9. The van der Waals surface area contributed by atoms with Crippen LogP contribution in [0.2, 0.25) is 0 Å². The maximum Gasteiger partial charge on any atom is 0.326 e. The highest BCUT2D eigenvalue weighted by atomic mass is 16.4. The van der Waals surface area contributed by atoms with Gasteiger partial charge in [-0.3, -0.25) is 0 Å². The molecule has 0 bridgehead atoms. The zero-order chi connectivity index (χ0) is 10.3. The van der Waals surface area contributed by atoms with Crippen LogP contribution in [0.25, 0.3) is 0 Å². The van der Waals surface area contributed by atoms with E-state index in [-0.39, 0.29) is 5.92 Å². The Bertz CT molecular complexity index is 387. The van der Waals surface area contributed by atoms with Crippen molar-refractivity contribution in [3.8, 4) is 0 Å². The van der Waals surface area contributed by atoms with E-state index in [2.05, 4.69) is 5.32 Å². The molecule has 1 aromatic carbocycles. The SMILES string of the molecule is Cc1ccc2c(c1)NC(C(=O)O)C2C. The number of hydrogen-bond donors (Lipinski definition) is 2. The number of carbonyl (C=O) groups is 1. The van der Waals surface area contributed by atoms with Gasteiger partial charge in [0.05, 0.1) is 0 Å². The Morgan fingerprint density at radius 1 is 1.50 bits per heavy atom. The van der Waals surface area contributed by atoms with E-state index in [1.807, 2.05) is 32.0 Å². The fraction of sp³-hybridized carbons (Fsp3) is 0.364. The molecule has 0 fully saturated rings. The Labute approximate surface area is 82.8 Å². The molecular weight excluding hydrogens is 178 g/mol. The van der Waals surface area contributed by atoms with E-state index < -0.39 is 12.0 Å². The minimum atomic E-state index is -0.786. The number of benzene rings is 1. The summed E-state index contributed by atoms with van der Waals surface area (Å²) in [4.78, 5) is 10.9. The molecule has 3 heteroatoms. The molecule has 1 heterocycles.